The second-order valence-electron chi connectivity index (χ2n) is 4.79. The van der Waals surface area contributed by atoms with Crippen molar-refractivity contribution in [3.63, 3.8) is 0 Å². The Hall–Kier alpha value is -2.43. The van der Waals surface area contributed by atoms with Crippen LogP contribution in [0, 0.1) is 24.0 Å². The third kappa shape index (κ3) is 3.54. The van der Waals surface area contributed by atoms with Crippen LogP contribution in [0.2, 0.25) is 0 Å². The molecule has 1 heterocycles. The van der Waals surface area contributed by atoms with E-state index in [1.807, 2.05) is 32.0 Å². The average Bonchev–Trinajstić information content (AvgIpc) is 2.43. The van der Waals surface area contributed by atoms with Crippen LogP contribution in [0.4, 0.5) is 5.69 Å². The van der Waals surface area contributed by atoms with E-state index in [1.54, 1.807) is 24.5 Å². The fourth-order valence-electron chi connectivity index (χ4n) is 2.01. The highest BCUT2D eigenvalue weighted by Crippen LogP contribution is 2.21. The van der Waals surface area contributed by atoms with Gasteiger partial charge in [-0.3, -0.25) is 15.1 Å². The van der Waals surface area contributed by atoms with E-state index >= 15 is 0 Å². The number of hydrogen-bond donors (Lipinski definition) is 1. The summed E-state index contributed by atoms with van der Waals surface area (Å²) in [6.45, 7) is 3.89. The molecule has 0 amide bonds. The molecule has 0 aliphatic heterocycles. The molecule has 2 aromatic rings. The molecule has 0 aliphatic rings. The number of aryl methyl sites for hydroxylation is 2. The molecule has 1 N–H and O–H groups in total. The summed E-state index contributed by atoms with van der Waals surface area (Å²) in [4.78, 5) is 14.5. The molecule has 0 radical (unpaired) electrons. The Bertz CT molecular complexity index is 599. The molecule has 5 heteroatoms. The zero-order chi connectivity index (χ0) is 14.5. The zero-order valence-corrected chi connectivity index (χ0v) is 11.5. The third-order valence-electron chi connectivity index (χ3n) is 3.29. The first-order valence-corrected chi connectivity index (χ1v) is 6.42. The Morgan fingerprint density at radius 1 is 1.20 bits per heavy atom. The van der Waals surface area contributed by atoms with Crippen LogP contribution in [0.3, 0.4) is 0 Å². The normalized spacial score (nSPS) is 11.9. The van der Waals surface area contributed by atoms with Crippen molar-refractivity contribution in [3.05, 3.63) is 69.5 Å². The van der Waals surface area contributed by atoms with Gasteiger partial charge in [0, 0.05) is 23.0 Å². The van der Waals surface area contributed by atoms with Gasteiger partial charge in [-0.15, -0.1) is 0 Å². The van der Waals surface area contributed by atoms with Gasteiger partial charge in [0.05, 0.1) is 0 Å². The minimum absolute atomic E-state index is 0.170. The second kappa shape index (κ2) is 6.14. The Balaban J connectivity index is 2.23. The predicted molar refractivity (Wildman–Crippen MR) is 78.4 cm³/mol. The highest BCUT2D eigenvalue weighted by Gasteiger charge is 2.17. The van der Waals surface area contributed by atoms with Crippen LogP contribution in [-0.4, -0.2) is 16.5 Å². The smallest absolute Gasteiger partial charge is 0.227 e. The van der Waals surface area contributed by atoms with Crippen LogP contribution in [0.25, 0.3) is 0 Å². The number of nitrogens with one attached hydrogen (secondary N) is 1. The fourth-order valence-corrected chi connectivity index (χ4v) is 2.01. The molecule has 0 spiro atoms. The molecule has 1 unspecified atom stereocenters. The number of pyridine rings is 1. The van der Waals surface area contributed by atoms with Crippen molar-refractivity contribution < 1.29 is 4.92 Å². The van der Waals surface area contributed by atoms with Crippen LogP contribution in [0.15, 0.2) is 42.7 Å². The first-order valence-electron chi connectivity index (χ1n) is 6.42. The fraction of sp³-hybridized carbons (Fsp3) is 0.267. The van der Waals surface area contributed by atoms with Crippen LogP contribution in [-0.2, 0) is 0 Å². The lowest BCUT2D eigenvalue weighted by Gasteiger charge is -2.17. The van der Waals surface area contributed by atoms with Crippen molar-refractivity contribution in [1.29, 1.82) is 0 Å². The number of nitro groups is 1. The number of anilines is 1. The van der Waals surface area contributed by atoms with Crippen LogP contribution in [0.1, 0.15) is 22.7 Å². The van der Waals surface area contributed by atoms with Crippen molar-refractivity contribution in [3.8, 4) is 0 Å². The molecule has 0 fully saturated rings. The van der Waals surface area contributed by atoms with Crippen LogP contribution in [0.5, 0.6) is 0 Å². The summed E-state index contributed by atoms with van der Waals surface area (Å²) in [7, 11) is 0. The molecule has 0 saturated heterocycles. The van der Waals surface area contributed by atoms with E-state index in [1.165, 1.54) is 5.56 Å². The average molecular weight is 271 g/mol. The molecule has 5 nitrogen and oxygen atoms in total. The van der Waals surface area contributed by atoms with Gasteiger partial charge in [-0.05, 0) is 54.8 Å². The van der Waals surface area contributed by atoms with E-state index in [4.69, 9.17) is 0 Å². The monoisotopic (exact) mass is 271 g/mol. The summed E-state index contributed by atoms with van der Waals surface area (Å²) >= 11 is 0. The van der Waals surface area contributed by atoms with E-state index in [2.05, 4.69) is 10.3 Å². The molecular formula is C15H17N3O2. The van der Waals surface area contributed by atoms with E-state index in [0.29, 0.717) is 0 Å². The van der Waals surface area contributed by atoms with Crippen LogP contribution < -0.4 is 5.32 Å². The quantitative estimate of drug-likeness (QED) is 0.670. The van der Waals surface area contributed by atoms with E-state index in [-0.39, 0.29) is 17.5 Å². The molecule has 0 bridgehead atoms. The summed E-state index contributed by atoms with van der Waals surface area (Å²) in [5.41, 5.74) is 4.10. The Labute approximate surface area is 117 Å². The number of aromatic nitrogens is 1. The minimum atomic E-state index is -0.366. The van der Waals surface area contributed by atoms with Gasteiger partial charge >= 0.3 is 0 Å². The lowest BCUT2D eigenvalue weighted by Crippen LogP contribution is -2.20. The standard InChI is InChI=1S/C15H17N3O2/c1-11-3-4-14(9-12(11)2)17-15(10-18(19)20)13-5-7-16-8-6-13/h3-9,15,17H,10H2,1-2H3. The zero-order valence-electron chi connectivity index (χ0n) is 11.5. The Morgan fingerprint density at radius 2 is 1.90 bits per heavy atom. The third-order valence-corrected chi connectivity index (χ3v) is 3.29. The minimum Gasteiger partial charge on any atom is -0.372 e. The van der Waals surface area contributed by atoms with Crippen molar-refractivity contribution >= 4 is 5.69 Å². The van der Waals surface area contributed by atoms with Crippen molar-refractivity contribution in [2.24, 2.45) is 0 Å². The lowest BCUT2D eigenvalue weighted by molar-refractivity contribution is -0.482. The molecule has 0 saturated carbocycles. The SMILES string of the molecule is Cc1ccc(NC(C[N+](=O)[O-])c2ccncc2)cc1C. The van der Waals surface area contributed by atoms with Gasteiger partial charge in [-0.2, -0.15) is 0 Å². The Morgan fingerprint density at radius 3 is 2.50 bits per heavy atom. The first kappa shape index (κ1) is 14.0. The molecule has 1 atom stereocenters. The second-order valence-corrected chi connectivity index (χ2v) is 4.79. The van der Waals surface area contributed by atoms with Crippen molar-refractivity contribution in [1.82, 2.24) is 4.98 Å². The summed E-state index contributed by atoms with van der Waals surface area (Å²) in [5.74, 6) is 0. The predicted octanol–water partition coefficient (Wildman–Crippen LogP) is 3.13. The maximum absolute atomic E-state index is 10.8. The lowest BCUT2D eigenvalue weighted by atomic mass is 10.1. The van der Waals surface area contributed by atoms with Gasteiger partial charge in [0.2, 0.25) is 6.54 Å². The molecule has 0 aliphatic carbocycles. The maximum Gasteiger partial charge on any atom is 0.227 e. The molecular weight excluding hydrogens is 254 g/mol. The van der Waals surface area contributed by atoms with Gasteiger partial charge in [0.1, 0.15) is 6.04 Å². The molecule has 104 valence electrons. The number of hydrogen-bond acceptors (Lipinski definition) is 4. The summed E-state index contributed by atoms with van der Waals surface area (Å²) in [6, 6.07) is 9.17. The summed E-state index contributed by atoms with van der Waals surface area (Å²) < 4.78 is 0. The molecule has 2 rings (SSSR count). The topological polar surface area (TPSA) is 68.1 Å². The highest BCUT2D eigenvalue weighted by molar-refractivity contribution is 5.49. The Kier molecular flexibility index (Phi) is 4.30. The summed E-state index contributed by atoms with van der Waals surface area (Å²) in [5, 5.41) is 14.1. The van der Waals surface area contributed by atoms with Crippen LogP contribution >= 0.6 is 0 Å². The number of nitrogens with zero attached hydrogens (tertiary/aromatic N) is 2. The van der Waals surface area contributed by atoms with Gasteiger partial charge in [-0.25, -0.2) is 0 Å². The van der Waals surface area contributed by atoms with Crippen molar-refractivity contribution in [2.75, 3.05) is 11.9 Å². The highest BCUT2D eigenvalue weighted by atomic mass is 16.6. The van der Waals surface area contributed by atoms with Gasteiger partial charge in [0.15, 0.2) is 0 Å². The number of rotatable bonds is 5. The summed E-state index contributed by atoms with van der Waals surface area (Å²) in [6.07, 6.45) is 3.29. The van der Waals surface area contributed by atoms with Gasteiger partial charge in [0.25, 0.3) is 0 Å². The van der Waals surface area contributed by atoms with Gasteiger partial charge in [-0.1, -0.05) is 6.07 Å². The van der Waals surface area contributed by atoms with Crippen molar-refractivity contribution in [2.45, 2.75) is 19.9 Å². The maximum atomic E-state index is 10.8. The van der Waals surface area contributed by atoms with E-state index in [9.17, 15) is 10.1 Å². The number of benzene rings is 1. The van der Waals surface area contributed by atoms with E-state index in [0.717, 1.165) is 16.8 Å². The molecule has 1 aromatic heterocycles. The largest absolute Gasteiger partial charge is 0.372 e. The van der Waals surface area contributed by atoms with Gasteiger partial charge < -0.3 is 5.32 Å². The molecule has 1 aromatic carbocycles. The molecule has 20 heavy (non-hydrogen) atoms. The first-order chi connectivity index (χ1) is 9.56. The van der Waals surface area contributed by atoms with E-state index < -0.39 is 0 Å².